The summed E-state index contributed by atoms with van der Waals surface area (Å²) in [6, 6.07) is 18.0. The van der Waals surface area contributed by atoms with Crippen molar-refractivity contribution in [1.29, 1.82) is 0 Å². The van der Waals surface area contributed by atoms with Gasteiger partial charge in [0.2, 0.25) is 0 Å². The number of para-hydroxylation sites is 1. The van der Waals surface area contributed by atoms with Crippen LogP contribution in [0.3, 0.4) is 0 Å². The Balaban J connectivity index is 1.15. The van der Waals surface area contributed by atoms with Crippen LogP contribution in [0.25, 0.3) is 16.6 Å². The van der Waals surface area contributed by atoms with Gasteiger partial charge in [0.05, 0.1) is 5.52 Å². The highest BCUT2D eigenvalue weighted by atomic mass is 15.2. The first kappa shape index (κ1) is 25.6. The van der Waals surface area contributed by atoms with Gasteiger partial charge >= 0.3 is 0 Å². The molecule has 1 aromatic heterocycles. The minimum Gasteiger partial charge on any atom is -0.381 e. The van der Waals surface area contributed by atoms with Gasteiger partial charge in [-0.05, 0) is 55.3 Å². The van der Waals surface area contributed by atoms with Crippen LogP contribution in [-0.4, -0.2) is 41.7 Å². The third-order valence-electron chi connectivity index (χ3n) is 7.80. The number of fused-ring (bicyclic) bond motifs is 1. The van der Waals surface area contributed by atoms with Crippen LogP contribution in [0.15, 0.2) is 85.1 Å². The Hall–Kier alpha value is -3.08. The van der Waals surface area contributed by atoms with Crippen molar-refractivity contribution in [1.82, 2.24) is 20.1 Å². The predicted octanol–water partition coefficient (Wildman–Crippen LogP) is 6.29. The van der Waals surface area contributed by atoms with Gasteiger partial charge in [0.15, 0.2) is 0 Å². The molecule has 1 aliphatic carbocycles. The lowest BCUT2D eigenvalue weighted by Gasteiger charge is -2.17. The molecule has 2 heterocycles. The van der Waals surface area contributed by atoms with Crippen molar-refractivity contribution in [3.05, 3.63) is 102 Å². The topological polar surface area (TPSA) is 32.2 Å². The number of allylic oxidation sites excluding steroid dienone is 2. The fourth-order valence-electron chi connectivity index (χ4n) is 5.85. The average molecular weight is 495 g/mol. The number of benzene rings is 2. The second kappa shape index (κ2) is 12.0. The van der Waals surface area contributed by atoms with E-state index < -0.39 is 0 Å². The van der Waals surface area contributed by atoms with Crippen molar-refractivity contribution in [2.75, 3.05) is 26.2 Å². The molecule has 2 N–H and O–H groups in total. The molecule has 0 spiro atoms. The number of aromatic nitrogens is 1. The summed E-state index contributed by atoms with van der Waals surface area (Å²) in [5.74, 6) is 0.615. The molecule has 0 bridgehead atoms. The molecule has 1 fully saturated rings. The van der Waals surface area contributed by atoms with Gasteiger partial charge in [0, 0.05) is 61.6 Å². The van der Waals surface area contributed by atoms with E-state index in [0.717, 1.165) is 51.3 Å². The molecule has 1 aliphatic heterocycles. The minimum absolute atomic E-state index is 0.595. The molecule has 3 aromatic rings. The zero-order valence-corrected chi connectivity index (χ0v) is 22.5. The van der Waals surface area contributed by atoms with Crippen LogP contribution in [0.4, 0.5) is 0 Å². The molecule has 4 nitrogen and oxygen atoms in total. The van der Waals surface area contributed by atoms with Crippen LogP contribution in [0.5, 0.6) is 0 Å². The van der Waals surface area contributed by atoms with Gasteiger partial charge in [-0.2, -0.15) is 0 Å². The van der Waals surface area contributed by atoms with E-state index in [1.165, 1.54) is 46.1 Å². The van der Waals surface area contributed by atoms with Gasteiger partial charge in [-0.1, -0.05) is 80.3 Å². The van der Waals surface area contributed by atoms with E-state index in [9.17, 15) is 0 Å². The lowest BCUT2D eigenvalue weighted by Crippen LogP contribution is -2.33. The van der Waals surface area contributed by atoms with Gasteiger partial charge in [0.25, 0.3) is 0 Å². The van der Waals surface area contributed by atoms with Crippen LogP contribution in [0, 0.1) is 12.8 Å². The Morgan fingerprint density at radius 1 is 1.11 bits per heavy atom. The first-order valence-corrected chi connectivity index (χ1v) is 14.0. The number of aryl methyl sites for hydroxylation is 2. The van der Waals surface area contributed by atoms with Gasteiger partial charge < -0.3 is 15.2 Å². The summed E-state index contributed by atoms with van der Waals surface area (Å²) in [4.78, 5) is 2.57. The SMILES string of the molecule is C=C(NCC1=CC(C)CC=C1)c1cn(CCCNC2CCN(Cc3ccccc3)C2)c2c(C)cccc12. The highest BCUT2D eigenvalue weighted by Gasteiger charge is 2.21. The van der Waals surface area contributed by atoms with Crippen LogP contribution < -0.4 is 10.6 Å². The van der Waals surface area contributed by atoms with E-state index >= 15 is 0 Å². The van der Waals surface area contributed by atoms with E-state index in [-0.39, 0.29) is 0 Å². The minimum atomic E-state index is 0.595. The van der Waals surface area contributed by atoms with Crippen LogP contribution >= 0.6 is 0 Å². The molecular weight excluding hydrogens is 452 g/mol. The van der Waals surface area contributed by atoms with Gasteiger partial charge in [-0.25, -0.2) is 0 Å². The van der Waals surface area contributed by atoms with Crippen molar-refractivity contribution in [2.45, 2.75) is 52.2 Å². The molecular formula is C33H42N4. The second-order valence-corrected chi connectivity index (χ2v) is 10.9. The van der Waals surface area contributed by atoms with Crippen molar-refractivity contribution < 1.29 is 0 Å². The maximum absolute atomic E-state index is 4.41. The molecule has 0 amide bonds. The smallest absolute Gasteiger partial charge is 0.0517 e. The van der Waals surface area contributed by atoms with Crippen LogP contribution in [0.1, 0.15) is 42.9 Å². The lowest BCUT2D eigenvalue weighted by molar-refractivity contribution is 0.319. The van der Waals surface area contributed by atoms with Crippen molar-refractivity contribution in [3.8, 4) is 0 Å². The molecule has 0 radical (unpaired) electrons. The summed E-state index contributed by atoms with van der Waals surface area (Å²) in [7, 11) is 0. The molecule has 5 rings (SSSR count). The zero-order chi connectivity index (χ0) is 25.6. The molecule has 0 saturated carbocycles. The first-order valence-electron chi connectivity index (χ1n) is 14.0. The normalized spacial score (nSPS) is 19.9. The monoisotopic (exact) mass is 494 g/mol. The maximum Gasteiger partial charge on any atom is 0.0517 e. The Kier molecular flexibility index (Phi) is 8.28. The molecule has 2 atom stereocenters. The summed E-state index contributed by atoms with van der Waals surface area (Å²) in [6.07, 6.45) is 12.7. The van der Waals surface area contributed by atoms with Crippen molar-refractivity contribution in [2.24, 2.45) is 5.92 Å². The maximum atomic E-state index is 4.41. The highest BCUT2D eigenvalue weighted by molar-refractivity contribution is 5.94. The van der Waals surface area contributed by atoms with Gasteiger partial charge in [0.1, 0.15) is 0 Å². The molecule has 2 aromatic carbocycles. The van der Waals surface area contributed by atoms with E-state index in [1.54, 1.807) is 0 Å². The highest BCUT2D eigenvalue weighted by Crippen LogP contribution is 2.28. The van der Waals surface area contributed by atoms with E-state index in [2.05, 4.69) is 113 Å². The summed E-state index contributed by atoms with van der Waals surface area (Å²) >= 11 is 0. The van der Waals surface area contributed by atoms with Crippen molar-refractivity contribution >= 4 is 16.6 Å². The van der Waals surface area contributed by atoms with Gasteiger partial charge in [-0.15, -0.1) is 0 Å². The zero-order valence-electron chi connectivity index (χ0n) is 22.5. The Labute approximate surface area is 222 Å². The molecule has 194 valence electrons. The third kappa shape index (κ3) is 6.44. The number of nitrogens with one attached hydrogen (secondary N) is 2. The number of hydrogen-bond acceptors (Lipinski definition) is 3. The van der Waals surface area contributed by atoms with Crippen LogP contribution in [0.2, 0.25) is 0 Å². The fourth-order valence-corrected chi connectivity index (χ4v) is 5.85. The molecule has 1 saturated heterocycles. The Morgan fingerprint density at radius 3 is 2.81 bits per heavy atom. The van der Waals surface area contributed by atoms with E-state index in [4.69, 9.17) is 0 Å². The quantitative estimate of drug-likeness (QED) is 0.307. The van der Waals surface area contributed by atoms with Gasteiger partial charge in [-0.3, -0.25) is 4.90 Å². The number of rotatable bonds is 11. The van der Waals surface area contributed by atoms with Crippen LogP contribution in [-0.2, 0) is 13.1 Å². The number of hydrogen-bond donors (Lipinski definition) is 2. The van der Waals surface area contributed by atoms with E-state index in [0.29, 0.717) is 12.0 Å². The Bertz CT molecular complexity index is 1270. The largest absolute Gasteiger partial charge is 0.381 e. The standard InChI is InChI=1S/C33H42N4/c1-25-10-7-14-29(20-25)21-35-27(3)32-24-37(33-26(2)11-8-15-31(32)33)18-9-17-34-30-16-19-36(23-30)22-28-12-5-4-6-13-28/h4-8,11-15,20,24-25,30,34-35H,3,9-10,16-19,21-23H2,1-2H3. The number of likely N-dealkylation sites (tertiary alicyclic amines) is 1. The number of nitrogens with zero attached hydrogens (tertiary/aromatic N) is 2. The average Bonchev–Trinajstić information content (AvgIpc) is 3.51. The summed E-state index contributed by atoms with van der Waals surface area (Å²) in [5, 5.41) is 8.71. The molecule has 4 heteroatoms. The summed E-state index contributed by atoms with van der Waals surface area (Å²) in [5.41, 5.74) is 7.63. The summed E-state index contributed by atoms with van der Waals surface area (Å²) < 4.78 is 2.44. The molecule has 2 unspecified atom stereocenters. The fraction of sp³-hybridized carbons (Fsp3) is 0.394. The lowest BCUT2D eigenvalue weighted by atomic mass is 9.98. The molecule has 2 aliphatic rings. The second-order valence-electron chi connectivity index (χ2n) is 10.9. The molecule has 37 heavy (non-hydrogen) atoms. The van der Waals surface area contributed by atoms with E-state index in [1.807, 2.05) is 0 Å². The third-order valence-corrected chi connectivity index (χ3v) is 7.80. The van der Waals surface area contributed by atoms with Crippen molar-refractivity contribution in [3.63, 3.8) is 0 Å². The first-order chi connectivity index (χ1) is 18.1. The predicted molar refractivity (Wildman–Crippen MR) is 157 cm³/mol. The Morgan fingerprint density at radius 2 is 1.97 bits per heavy atom. The summed E-state index contributed by atoms with van der Waals surface area (Å²) in [6.45, 7) is 15.2.